The van der Waals surface area contributed by atoms with E-state index in [-0.39, 0.29) is 12.2 Å². The Morgan fingerprint density at radius 1 is 1.33 bits per heavy atom. The maximum Gasteiger partial charge on any atom is 0.241 e. The van der Waals surface area contributed by atoms with E-state index < -0.39 is 0 Å². The van der Waals surface area contributed by atoms with E-state index in [0.29, 0.717) is 29.8 Å². The fourth-order valence-corrected chi connectivity index (χ4v) is 3.71. The third-order valence-electron chi connectivity index (χ3n) is 5.59. The van der Waals surface area contributed by atoms with Crippen molar-refractivity contribution in [3.8, 4) is 0 Å². The molecular formula is C17H33N3O. The number of carbonyl (C=O) groups is 1. The van der Waals surface area contributed by atoms with Gasteiger partial charge in [-0.3, -0.25) is 10.1 Å². The largest absolute Gasteiger partial charge is 0.322 e. The maximum absolute atomic E-state index is 13.0. The second kappa shape index (κ2) is 6.66. The minimum atomic E-state index is 0.0114. The molecule has 2 fully saturated rings. The van der Waals surface area contributed by atoms with Gasteiger partial charge in [-0.05, 0) is 38.6 Å². The van der Waals surface area contributed by atoms with E-state index in [4.69, 9.17) is 0 Å². The fraction of sp³-hybridized carbons (Fsp3) is 0.941. The Hall–Kier alpha value is -0.610. The summed E-state index contributed by atoms with van der Waals surface area (Å²) in [4.78, 5) is 17.6. The molecule has 4 heteroatoms. The number of piperidine rings is 1. The Kier molecular flexibility index (Phi) is 5.31. The van der Waals surface area contributed by atoms with E-state index in [9.17, 15) is 4.79 Å². The van der Waals surface area contributed by atoms with Crippen LogP contribution in [0.5, 0.6) is 0 Å². The highest BCUT2D eigenvalue weighted by Crippen LogP contribution is 2.30. The summed E-state index contributed by atoms with van der Waals surface area (Å²) in [6.07, 6.45) is 3.45. The van der Waals surface area contributed by atoms with Gasteiger partial charge in [-0.2, -0.15) is 0 Å². The highest BCUT2D eigenvalue weighted by atomic mass is 16.2. The number of amides is 1. The molecule has 2 heterocycles. The molecule has 0 aromatic heterocycles. The topological polar surface area (TPSA) is 35.6 Å². The predicted octanol–water partition coefficient (Wildman–Crippen LogP) is 2.30. The molecule has 0 aromatic carbocycles. The maximum atomic E-state index is 13.0. The highest BCUT2D eigenvalue weighted by molar-refractivity contribution is 5.85. The van der Waals surface area contributed by atoms with Crippen molar-refractivity contribution in [2.24, 2.45) is 11.8 Å². The predicted molar refractivity (Wildman–Crippen MR) is 87.0 cm³/mol. The third-order valence-corrected chi connectivity index (χ3v) is 5.59. The summed E-state index contributed by atoms with van der Waals surface area (Å²) < 4.78 is 0. The lowest BCUT2D eigenvalue weighted by Crippen LogP contribution is -2.53. The van der Waals surface area contributed by atoms with E-state index in [1.165, 1.54) is 0 Å². The molecule has 2 saturated heterocycles. The van der Waals surface area contributed by atoms with Gasteiger partial charge in [-0.1, -0.05) is 34.1 Å². The first kappa shape index (κ1) is 16.8. The zero-order valence-electron chi connectivity index (χ0n) is 14.6. The van der Waals surface area contributed by atoms with Crippen molar-refractivity contribution in [3.63, 3.8) is 0 Å². The smallest absolute Gasteiger partial charge is 0.241 e. The summed E-state index contributed by atoms with van der Waals surface area (Å²) in [6, 6.07) is 0.974. The molecule has 122 valence electrons. The average Bonchev–Trinajstić information content (AvgIpc) is 2.79. The van der Waals surface area contributed by atoms with E-state index in [2.05, 4.69) is 56.8 Å². The van der Waals surface area contributed by atoms with Gasteiger partial charge in [0.1, 0.15) is 0 Å². The molecule has 0 aliphatic carbocycles. The molecule has 4 nitrogen and oxygen atoms in total. The minimum Gasteiger partial charge on any atom is -0.322 e. The fourth-order valence-electron chi connectivity index (χ4n) is 3.71. The molecule has 0 bridgehead atoms. The van der Waals surface area contributed by atoms with Crippen LogP contribution in [0.25, 0.3) is 0 Å². The lowest BCUT2D eigenvalue weighted by Gasteiger charge is -2.42. The summed E-state index contributed by atoms with van der Waals surface area (Å²) in [7, 11) is 2.19. The number of nitrogens with zero attached hydrogens (tertiary/aromatic N) is 2. The van der Waals surface area contributed by atoms with E-state index in [1.807, 2.05) is 0 Å². The van der Waals surface area contributed by atoms with Crippen LogP contribution in [-0.2, 0) is 4.79 Å². The van der Waals surface area contributed by atoms with E-state index in [0.717, 1.165) is 25.8 Å². The van der Waals surface area contributed by atoms with Gasteiger partial charge in [0.25, 0.3) is 0 Å². The normalized spacial score (nSPS) is 36.5. The van der Waals surface area contributed by atoms with Gasteiger partial charge in [0, 0.05) is 18.6 Å². The molecule has 1 N–H and O–H groups in total. The Morgan fingerprint density at radius 3 is 2.52 bits per heavy atom. The summed E-state index contributed by atoms with van der Waals surface area (Å²) in [5.74, 6) is 1.20. The number of rotatable bonds is 4. The van der Waals surface area contributed by atoms with Gasteiger partial charge >= 0.3 is 0 Å². The van der Waals surface area contributed by atoms with Gasteiger partial charge in [0.2, 0.25) is 5.91 Å². The molecule has 0 aromatic rings. The Morgan fingerprint density at radius 2 is 2.00 bits per heavy atom. The number of likely N-dealkylation sites (tertiary alicyclic amines) is 1. The first-order valence-electron chi connectivity index (χ1n) is 8.65. The number of hydrogen-bond donors (Lipinski definition) is 1. The standard InChI is InChI=1S/C17H33N3O/c1-7-12(4)15-17(21)20(16(18-15)11(2)3)14-8-9-19(6)13(5)10-14/h11-16,18H,7-10H2,1-6H3. The Labute approximate surface area is 130 Å². The number of hydrogen-bond acceptors (Lipinski definition) is 3. The molecule has 2 aliphatic heterocycles. The van der Waals surface area contributed by atoms with Crippen LogP contribution in [0.2, 0.25) is 0 Å². The lowest BCUT2D eigenvalue weighted by molar-refractivity contribution is -0.135. The van der Waals surface area contributed by atoms with Crippen LogP contribution in [-0.4, -0.2) is 53.6 Å². The number of carbonyl (C=O) groups excluding carboxylic acids is 1. The van der Waals surface area contributed by atoms with Crippen molar-refractivity contribution in [3.05, 3.63) is 0 Å². The Bertz CT molecular complexity index is 371. The molecule has 21 heavy (non-hydrogen) atoms. The molecular weight excluding hydrogens is 262 g/mol. The van der Waals surface area contributed by atoms with E-state index in [1.54, 1.807) is 0 Å². The van der Waals surface area contributed by atoms with Crippen LogP contribution in [0, 0.1) is 11.8 Å². The van der Waals surface area contributed by atoms with Crippen LogP contribution in [0.4, 0.5) is 0 Å². The third kappa shape index (κ3) is 3.26. The molecule has 1 amide bonds. The first-order valence-corrected chi connectivity index (χ1v) is 8.65. The van der Waals surface area contributed by atoms with Gasteiger partial charge in [-0.25, -0.2) is 0 Å². The van der Waals surface area contributed by atoms with Crippen molar-refractivity contribution < 1.29 is 4.79 Å². The van der Waals surface area contributed by atoms with Crippen molar-refractivity contribution in [2.75, 3.05) is 13.6 Å². The number of nitrogens with one attached hydrogen (secondary N) is 1. The van der Waals surface area contributed by atoms with Crippen molar-refractivity contribution in [1.29, 1.82) is 0 Å². The minimum absolute atomic E-state index is 0.0114. The van der Waals surface area contributed by atoms with Crippen LogP contribution >= 0.6 is 0 Å². The van der Waals surface area contributed by atoms with Crippen LogP contribution in [0.3, 0.4) is 0 Å². The van der Waals surface area contributed by atoms with Crippen molar-refractivity contribution in [1.82, 2.24) is 15.1 Å². The summed E-state index contributed by atoms with van der Waals surface area (Å²) in [5.41, 5.74) is 0. The average molecular weight is 295 g/mol. The molecule has 0 saturated carbocycles. The van der Waals surface area contributed by atoms with E-state index >= 15 is 0 Å². The lowest BCUT2D eigenvalue weighted by atomic mass is 9.95. The molecule has 0 radical (unpaired) electrons. The second-order valence-corrected chi connectivity index (χ2v) is 7.47. The second-order valence-electron chi connectivity index (χ2n) is 7.47. The zero-order chi connectivity index (χ0) is 15.7. The van der Waals surface area contributed by atoms with Crippen LogP contribution in [0.15, 0.2) is 0 Å². The monoisotopic (exact) mass is 295 g/mol. The van der Waals surface area contributed by atoms with Crippen LogP contribution in [0.1, 0.15) is 53.9 Å². The molecule has 0 spiro atoms. The van der Waals surface area contributed by atoms with Gasteiger partial charge in [0.15, 0.2) is 0 Å². The zero-order valence-corrected chi connectivity index (χ0v) is 14.6. The highest BCUT2D eigenvalue weighted by Gasteiger charge is 2.46. The Balaban J connectivity index is 2.16. The van der Waals surface area contributed by atoms with Crippen molar-refractivity contribution >= 4 is 5.91 Å². The van der Waals surface area contributed by atoms with Gasteiger partial charge in [0.05, 0.1) is 12.2 Å². The van der Waals surface area contributed by atoms with Crippen molar-refractivity contribution in [2.45, 2.75) is 78.2 Å². The molecule has 5 unspecified atom stereocenters. The summed E-state index contributed by atoms with van der Waals surface area (Å²) in [5, 5.41) is 3.63. The molecule has 2 aliphatic rings. The molecule has 2 rings (SSSR count). The molecule has 5 atom stereocenters. The summed E-state index contributed by atoms with van der Waals surface area (Å²) in [6.45, 7) is 12.2. The van der Waals surface area contributed by atoms with Gasteiger partial charge < -0.3 is 9.80 Å². The quantitative estimate of drug-likeness (QED) is 0.864. The van der Waals surface area contributed by atoms with Gasteiger partial charge in [-0.15, -0.1) is 0 Å². The SMILES string of the molecule is CCC(C)C1NC(C(C)C)N(C2CCN(C)C(C)C2)C1=O. The summed E-state index contributed by atoms with van der Waals surface area (Å²) >= 11 is 0. The van der Waals surface area contributed by atoms with Crippen LogP contribution < -0.4 is 5.32 Å². The first-order chi connectivity index (χ1) is 9.86.